The van der Waals surface area contributed by atoms with Gasteiger partial charge in [0.2, 0.25) is 10.0 Å². The van der Waals surface area contributed by atoms with Gasteiger partial charge >= 0.3 is 0 Å². The quantitative estimate of drug-likeness (QED) is 0.816. The second kappa shape index (κ2) is 6.60. The summed E-state index contributed by atoms with van der Waals surface area (Å²) >= 11 is 4.78. The van der Waals surface area contributed by atoms with Crippen molar-refractivity contribution in [1.82, 2.24) is 4.31 Å². The first kappa shape index (κ1) is 17.0. The summed E-state index contributed by atoms with van der Waals surface area (Å²) in [6.45, 7) is 5.45. The predicted octanol–water partition coefficient (Wildman–Crippen LogP) is 2.13. The third kappa shape index (κ3) is 3.74. The molecule has 20 heavy (non-hydrogen) atoms. The minimum absolute atomic E-state index is 0.156. The lowest BCUT2D eigenvalue weighted by Gasteiger charge is -2.22. The number of nitrogens with two attached hydrogens (primary N) is 1. The van der Waals surface area contributed by atoms with E-state index in [4.69, 9.17) is 18.0 Å². The van der Waals surface area contributed by atoms with E-state index in [1.54, 1.807) is 20.8 Å². The highest BCUT2D eigenvalue weighted by Crippen LogP contribution is 2.25. The maximum absolute atomic E-state index is 13.3. The van der Waals surface area contributed by atoms with E-state index in [1.807, 2.05) is 0 Å². The summed E-state index contributed by atoms with van der Waals surface area (Å²) in [6.07, 6.45) is 0.321. The molecule has 0 aliphatic carbocycles. The third-order valence-corrected chi connectivity index (χ3v) is 5.47. The van der Waals surface area contributed by atoms with Crippen LogP contribution < -0.4 is 5.73 Å². The topological polar surface area (TPSA) is 63.4 Å². The van der Waals surface area contributed by atoms with Crippen molar-refractivity contribution >= 4 is 27.2 Å². The fourth-order valence-corrected chi connectivity index (χ4v) is 4.07. The molecule has 0 spiro atoms. The minimum Gasteiger partial charge on any atom is -0.393 e. The van der Waals surface area contributed by atoms with E-state index in [1.165, 1.54) is 16.4 Å². The van der Waals surface area contributed by atoms with Gasteiger partial charge in [0.25, 0.3) is 0 Å². The smallest absolute Gasteiger partial charge is 0.243 e. The van der Waals surface area contributed by atoms with Gasteiger partial charge in [0.1, 0.15) is 5.82 Å². The van der Waals surface area contributed by atoms with E-state index in [2.05, 4.69) is 0 Å². The van der Waals surface area contributed by atoms with Gasteiger partial charge in [0.15, 0.2) is 0 Å². The van der Waals surface area contributed by atoms with E-state index in [-0.39, 0.29) is 16.4 Å². The van der Waals surface area contributed by atoms with Gasteiger partial charge < -0.3 is 5.73 Å². The molecule has 0 aromatic heterocycles. The maximum atomic E-state index is 13.3. The minimum atomic E-state index is -3.67. The fourth-order valence-electron chi connectivity index (χ4n) is 2.12. The van der Waals surface area contributed by atoms with Crippen LogP contribution in [0.2, 0.25) is 0 Å². The molecule has 1 rings (SSSR count). The largest absolute Gasteiger partial charge is 0.393 e. The van der Waals surface area contributed by atoms with E-state index < -0.39 is 15.8 Å². The summed E-state index contributed by atoms with van der Waals surface area (Å²) in [5, 5.41) is 0. The lowest BCUT2D eigenvalue weighted by Crippen LogP contribution is -2.34. The number of halogens is 1. The third-order valence-electron chi connectivity index (χ3n) is 2.98. The molecule has 0 aliphatic heterocycles. The van der Waals surface area contributed by atoms with Gasteiger partial charge in [-0.2, -0.15) is 4.31 Å². The molecule has 0 heterocycles. The van der Waals surface area contributed by atoms with Crippen molar-refractivity contribution in [1.29, 1.82) is 0 Å². The number of sulfonamides is 1. The zero-order chi connectivity index (χ0) is 15.5. The number of benzene rings is 1. The van der Waals surface area contributed by atoms with Gasteiger partial charge in [-0.15, -0.1) is 0 Å². The van der Waals surface area contributed by atoms with Gasteiger partial charge in [-0.25, -0.2) is 12.8 Å². The highest BCUT2D eigenvalue weighted by molar-refractivity contribution is 7.89. The molecule has 0 bridgehead atoms. The molecule has 1 aromatic rings. The second-order valence-corrected chi connectivity index (χ2v) is 6.98. The van der Waals surface area contributed by atoms with Crippen LogP contribution in [0.3, 0.4) is 0 Å². The molecule has 0 unspecified atom stereocenters. The van der Waals surface area contributed by atoms with Crippen molar-refractivity contribution in [2.24, 2.45) is 5.73 Å². The number of nitrogens with zero attached hydrogens (tertiary/aromatic N) is 1. The van der Waals surface area contributed by atoms with Crippen LogP contribution in [0.25, 0.3) is 0 Å². The molecule has 7 heteroatoms. The molecule has 0 aliphatic rings. The van der Waals surface area contributed by atoms with Crippen molar-refractivity contribution in [3.05, 3.63) is 29.1 Å². The summed E-state index contributed by atoms with van der Waals surface area (Å²) in [5.41, 5.74) is 6.22. The molecule has 0 atom stereocenters. The molecule has 1 aromatic carbocycles. The average Bonchev–Trinajstić information content (AvgIpc) is 2.26. The van der Waals surface area contributed by atoms with Gasteiger partial charge in [0.05, 0.1) is 9.88 Å². The number of thiocarbonyl (C=S) groups is 1. The molecule has 4 nitrogen and oxygen atoms in total. The second-order valence-electron chi connectivity index (χ2n) is 4.58. The van der Waals surface area contributed by atoms with Crippen LogP contribution in [0, 0.1) is 19.7 Å². The first-order valence-electron chi connectivity index (χ1n) is 6.25. The van der Waals surface area contributed by atoms with Crippen LogP contribution in [-0.2, 0) is 10.0 Å². The fraction of sp³-hybridized carbons (Fsp3) is 0.462. The molecule has 0 saturated carbocycles. The van der Waals surface area contributed by atoms with Crippen LogP contribution in [0.5, 0.6) is 0 Å². The molecular weight excluding hydrogens is 299 g/mol. The summed E-state index contributed by atoms with van der Waals surface area (Å²) in [7, 11) is -3.67. The van der Waals surface area contributed by atoms with Gasteiger partial charge in [-0.3, -0.25) is 0 Å². The Balaban J connectivity index is 3.24. The predicted molar refractivity (Wildman–Crippen MR) is 81.7 cm³/mol. The zero-order valence-corrected chi connectivity index (χ0v) is 13.4. The molecule has 0 saturated heterocycles. The van der Waals surface area contributed by atoms with E-state index in [9.17, 15) is 12.8 Å². The molecule has 2 N–H and O–H groups in total. The average molecular weight is 318 g/mol. The Labute approximate surface area is 124 Å². The lowest BCUT2D eigenvalue weighted by molar-refractivity contribution is 0.436. The first-order valence-corrected chi connectivity index (χ1v) is 8.10. The lowest BCUT2D eigenvalue weighted by atomic mass is 10.1. The standard InChI is InChI=1S/C13H19FN2O2S2/c1-4-16(6-5-12(15)19)20(17,18)13-9(2)7-11(14)8-10(13)3/h7-8H,4-6H2,1-3H3,(H2,15,19). The van der Waals surface area contributed by atoms with E-state index >= 15 is 0 Å². The number of rotatable bonds is 6. The molecule has 0 amide bonds. The summed E-state index contributed by atoms with van der Waals surface area (Å²) in [4.78, 5) is 0.426. The number of hydrogen-bond acceptors (Lipinski definition) is 3. The summed E-state index contributed by atoms with van der Waals surface area (Å²) in [5.74, 6) is -0.440. The maximum Gasteiger partial charge on any atom is 0.243 e. The van der Waals surface area contributed by atoms with E-state index in [0.29, 0.717) is 24.1 Å². The monoisotopic (exact) mass is 318 g/mol. The Kier molecular flexibility index (Phi) is 5.61. The Morgan fingerprint density at radius 2 is 1.85 bits per heavy atom. The SMILES string of the molecule is CCN(CCC(N)=S)S(=O)(=O)c1c(C)cc(F)cc1C. The molecule has 0 radical (unpaired) electrons. The van der Waals surface area contributed by atoms with Crippen molar-refractivity contribution in [3.8, 4) is 0 Å². The number of hydrogen-bond donors (Lipinski definition) is 1. The normalized spacial score (nSPS) is 11.8. The van der Waals surface area contributed by atoms with Crippen molar-refractivity contribution in [3.63, 3.8) is 0 Å². The first-order chi connectivity index (χ1) is 9.20. The highest BCUT2D eigenvalue weighted by atomic mass is 32.2. The highest BCUT2D eigenvalue weighted by Gasteiger charge is 2.26. The van der Waals surface area contributed by atoms with E-state index in [0.717, 1.165) is 0 Å². The van der Waals surface area contributed by atoms with Gasteiger partial charge in [0, 0.05) is 19.5 Å². The van der Waals surface area contributed by atoms with Crippen molar-refractivity contribution < 1.29 is 12.8 Å². The van der Waals surface area contributed by atoms with Crippen molar-refractivity contribution in [2.75, 3.05) is 13.1 Å². The van der Waals surface area contributed by atoms with Crippen molar-refractivity contribution in [2.45, 2.75) is 32.1 Å². The van der Waals surface area contributed by atoms with Crippen LogP contribution in [-0.4, -0.2) is 30.8 Å². The Morgan fingerprint density at radius 1 is 1.35 bits per heavy atom. The van der Waals surface area contributed by atoms with Crippen LogP contribution in [0.1, 0.15) is 24.5 Å². The van der Waals surface area contributed by atoms with Gasteiger partial charge in [-0.1, -0.05) is 19.1 Å². The van der Waals surface area contributed by atoms with Crippen LogP contribution in [0.15, 0.2) is 17.0 Å². The Morgan fingerprint density at radius 3 is 2.25 bits per heavy atom. The molecule has 0 fully saturated rings. The zero-order valence-electron chi connectivity index (χ0n) is 11.8. The summed E-state index contributed by atoms with van der Waals surface area (Å²) in [6, 6.07) is 2.45. The van der Waals surface area contributed by atoms with Crippen LogP contribution >= 0.6 is 12.2 Å². The molecule has 112 valence electrons. The summed E-state index contributed by atoms with van der Waals surface area (Å²) < 4.78 is 39.9. The number of aryl methyl sites for hydroxylation is 2. The van der Waals surface area contributed by atoms with Gasteiger partial charge in [-0.05, 0) is 37.1 Å². The Hall–Kier alpha value is -1.05. The Bertz CT molecular complexity index is 592. The molecular formula is C13H19FN2O2S2. The van der Waals surface area contributed by atoms with Crippen LogP contribution in [0.4, 0.5) is 4.39 Å².